The summed E-state index contributed by atoms with van der Waals surface area (Å²) >= 11 is 0. The Balaban J connectivity index is 3.14. The first kappa shape index (κ1) is 12.1. The first-order chi connectivity index (χ1) is 7.41. The van der Waals surface area contributed by atoms with Crippen molar-refractivity contribution in [2.24, 2.45) is 0 Å². The van der Waals surface area contributed by atoms with Crippen LogP contribution in [0.1, 0.15) is 24.2 Å². The van der Waals surface area contributed by atoms with Crippen molar-refractivity contribution < 1.29 is 18.8 Å². The topological polar surface area (TPSA) is 69.4 Å². The Morgan fingerprint density at radius 3 is 2.62 bits per heavy atom. The molecule has 0 atom stereocenters. The van der Waals surface area contributed by atoms with Crippen molar-refractivity contribution in [1.82, 2.24) is 0 Å². The maximum Gasteiger partial charge on any atom is 0.345 e. The van der Waals surface area contributed by atoms with Gasteiger partial charge in [0, 0.05) is 6.07 Å². The zero-order valence-corrected chi connectivity index (χ0v) is 8.77. The Hall–Kier alpha value is -1.98. The number of hydrogen-bond acceptors (Lipinski definition) is 4. The highest BCUT2D eigenvalue weighted by Crippen LogP contribution is 2.20. The number of ether oxygens (including phenoxy) is 1. The summed E-state index contributed by atoms with van der Waals surface area (Å²) in [5.41, 5.74) is -0.842. The van der Waals surface area contributed by atoms with Crippen molar-refractivity contribution in [1.29, 1.82) is 0 Å². The average molecular weight is 227 g/mol. The van der Waals surface area contributed by atoms with Crippen molar-refractivity contribution >= 4 is 11.7 Å². The molecule has 0 fully saturated rings. The van der Waals surface area contributed by atoms with Crippen LogP contribution in [0.5, 0.6) is 0 Å². The van der Waals surface area contributed by atoms with Crippen LogP contribution in [0.2, 0.25) is 0 Å². The molecule has 0 unspecified atom stereocenters. The first-order valence-corrected chi connectivity index (χ1v) is 4.56. The van der Waals surface area contributed by atoms with Crippen LogP contribution in [0, 0.1) is 15.9 Å². The van der Waals surface area contributed by atoms with Crippen LogP contribution in [-0.2, 0) is 4.74 Å². The van der Waals surface area contributed by atoms with Crippen molar-refractivity contribution in [3.05, 3.63) is 39.7 Å². The third-order valence-electron chi connectivity index (χ3n) is 1.72. The number of hydrogen-bond donors (Lipinski definition) is 0. The molecule has 1 rings (SSSR count). The van der Waals surface area contributed by atoms with Gasteiger partial charge < -0.3 is 4.74 Å². The Morgan fingerprint density at radius 1 is 1.50 bits per heavy atom. The fraction of sp³-hybridized carbons (Fsp3) is 0.300. The van der Waals surface area contributed by atoms with Gasteiger partial charge in [-0.25, -0.2) is 9.18 Å². The second kappa shape index (κ2) is 4.69. The number of nitrogens with zero attached hydrogens (tertiary/aromatic N) is 1. The summed E-state index contributed by atoms with van der Waals surface area (Å²) in [6, 6.07) is 2.65. The number of nitro benzene ring substituents is 1. The molecule has 0 radical (unpaired) electrons. The highest BCUT2D eigenvalue weighted by atomic mass is 19.1. The lowest BCUT2D eigenvalue weighted by molar-refractivity contribution is -0.385. The zero-order valence-electron chi connectivity index (χ0n) is 8.77. The van der Waals surface area contributed by atoms with E-state index in [1.165, 1.54) is 0 Å². The quantitative estimate of drug-likeness (QED) is 0.451. The van der Waals surface area contributed by atoms with E-state index in [0.717, 1.165) is 18.2 Å². The molecule has 0 spiro atoms. The molecular formula is C10H10FNO4. The standard InChI is InChI=1S/C10H10FNO4/c1-6(2)16-10(13)8-5-7(11)3-4-9(8)12(14)15/h3-6H,1-2H3. The van der Waals surface area contributed by atoms with Gasteiger partial charge in [0.15, 0.2) is 0 Å². The molecule has 0 bridgehead atoms. The van der Waals surface area contributed by atoms with Crippen molar-refractivity contribution in [2.45, 2.75) is 20.0 Å². The van der Waals surface area contributed by atoms with Gasteiger partial charge in [-0.05, 0) is 26.0 Å². The molecule has 0 N–H and O–H groups in total. The van der Waals surface area contributed by atoms with Crippen molar-refractivity contribution in [3.63, 3.8) is 0 Å². The summed E-state index contributed by atoms with van der Waals surface area (Å²) in [4.78, 5) is 21.3. The Bertz CT molecular complexity index is 431. The van der Waals surface area contributed by atoms with E-state index < -0.39 is 28.5 Å². The SMILES string of the molecule is CC(C)OC(=O)c1cc(F)ccc1[N+](=O)[O-]. The molecule has 6 heteroatoms. The number of carbonyl (C=O) groups excluding carboxylic acids is 1. The third kappa shape index (κ3) is 2.75. The molecule has 1 aromatic rings. The third-order valence-corrected chi connectivity index (χ3v) is 1.72. The fourth-order valence-corrected chi connectivity index (χ4v) is 1.11. The van der Waals surface area contributed by atoms with E-state index in [-0.39, 0.29) is 5.56 Å². The highest BCUT2D eigenvalue weighted by Gasteiger charge is 2.22. The number of esters is 1. The summed E-state index contributed by atoms with van der Waals surface area (Å²) in [6.07, 6.45) is -0.421. The molecule has 86 valence electrons. The molecule has 5 nitrogen and oxygen atoms in total. The molecule has 0 aliphatic rings. The summed E-state index contributed by atoms with van der Waals surface area (Å²) in [5.74, 6) is -1.62. The van der Waals surface area contributed by atoms with Crippen LogP contribution < -0.4 is 0 Å². The van der Waals surface area contributed by atoms with Crippen LogP contribution in [0.25, 0.3) is 0 Å². The summed E-state index contributed by atoms with van der Waals surface area (Å²) in [7, 11) is 0. The van der Waals surface area contributed by atoms with Crippen LogP contribution in [0.3, 0.4) is 0 Å². The second-order valence-corrected chi connectivity index (χ2v) is 3.37. The average Bonchev–Trinajstić information content (AvgIpc) is 2.15. The van der Waals surface area contributed by atoms with Gasteiger partial charge in [-0.3, -0.25) is 10.1 Å². The van der Waals surface area contributed by atoms with Crippen LogP contribution in [0.15, 0.2) is 18.2 Å². The maximum atomic E-state index is 12.9. The lowest BCUT2D eigenvalue weighted by atomic mass is 10.2. The number of benzene rings is 1. The van der Waals surface area contributed by atoms with E-state index in [1.807, 2.05) is 0 Å². The molecule has 0 heterocycles. The summed E-state index contributed by atoms with van der Waals surface area (Å²) in [6.45, 7) is 3.20. The molecule has 0 aliphatic carbocycles. The van der Waals surface area contributed by atoms with E-state index in [4.69, 9.17) is 4.74 Å². The molecule has 0 amide bonds. The molecule has 0 saturated heterocycles. The van der Waals surface area contributed by atoms with E-state index in [2.05, 4.69) is 0 Å². The number of rotatable bonds is 3. The molecule has 0 saturated carbocycles. The minimum atomic E-state index is -0.902. The smallest absolute Gasteiger partial charge is 0.345 e. The summed E-state index contributed by atoms with van der Waals surface area (Å²) < 4.78 is 17.7. The minimum absolute atomic E-state index is 0.376. The van der Waals surface area contributed by atoms with Crippen LogP contribution in [0.4, 0.5) is 10.1 Å². The second-order valence-electron chi connectivity index (χ2n) is 3.37. The molecular weight excluding hydrogens is 217 g/mol. The zero-order chi connectivity index (χ0) is 12.3. The predicted molar refractivity (Wildman–Crippen MR) is 53.6 cm³/mol. The van der Waals surface area contributed by atoms with Crippen LogP contribution >= 0.6 is 0 Å². The first-order valence-electron chi connectivity index (χ1n) is 4.56. The predicted octanol–water partition coefficient (Wildman–Crippen LogP) is 2.30. The molecule has 16 heavy (non-hydrogen) atoms. The van der Waals surface area contributed by atoms with Gasteiger partial charge in [0.1, 0.15) is 11.4 Å². The van der Waals surface area contributed by atoms with Gasteiger partial charge in [0.25, 0.3) is 5.69 Å². The Kier molecular flexibility index (Phi) is 3.55. The van der Waals surface area contributed by atoms with Gasteiger partial charge in [0.2, 0.25) is 0 Å². The van der Waals surface area contributed by atoms with Gasteiger partial charge in [-0.2, -0.15) is 0 Å². The summed E-state index contributed by atoms with van der Waals surface area (Å²) in [5, 5.41) is 10.6. The molecule has 0 aromatic heterocycles. The van der Waals surface area contributed by atoms with E-state index in [9.17, 15) is 19.3 Å². The lowest BCUT2D eigenvalue weighted by Crippen LogP contribution is -2.13. The largest absolute Gasteiger partial charge is 0.459 e. The van der Waals surface area contributed by atoms with E-state index in [1.54, 1.807) is 13.8 Å². The van der Waals surface area contributed by atoms with E-state index >= 15 is 0 Å². The number of carbonyl (C=O) groups is 1. The van der Waals surface area contributed by atoms with Gasteiger partial charge in [0.05, 0.1) is 11.0 Å². The highest BCUT2D eigenvalue weighted by molar-refractivity contribution is 5.93. The van der Waals surface area contributed by atoms with Gasteiger partial charge >= 0.3 is 5.97 Å². The number of nitro groups is 1. The number of halogens is 1. The fourth-order valence-electron chi connectivity index (χ4n) is 1.11. The Morgan fingerprint density at radius 2 is 2.12 bits per heavy atom. The monoisotopic (exact) mass is 227 g/mol. The van der Waals surface area contributed by atoms with E-state index in [0.29, 0.717) is 0 Å². The lowest BCUT2D eigenvalue weighted by Gasteiger charge is -2.07. The van der Waals surface area contributed by atoms with Gasteiger partial charge in [-0.15, -0.1) is 0 Å². The molecule has 1 aromatic carbocycles. The van der Waals surface area contributed by atoms with Crippen molar-refractivity contribution in [3.8, 4) is 0 Å². The Labute approximate surface area is 91.0 Å². The van der Waals surface area contributed by atoms with Crippen molar-refractivity contribution in [2.75, 3.05) is 0 Å². The van der Waals surface area contributed by atoms with Crippen LogP contribution in [-0.4, -0.2) is 17.0 Å². The maximum absolute atomic E-state index is 12.9. The van der Waals surface area contributed by atoms with Gasteiger partial charge in [-0.1, -0.05) is 0 Å². The molecule has 0 aliphatic heterocycles. The normalized spacial score (nSPS) is 10.2. The minimum Gasteiger partial charge on any atom is -0.459 e.